The van der Waals surface area contributed by atoms with E-state index in [1.165, 1.54) is 18.2 Å². The number of amides is 1. The lowest BCUT2D eigenvalue weighted by molar-refractivity contribution is -0.116. The molecule has 150 valence electrons. The number of hydrogen-bond acceptors (Lipinski definition) is 4. The molecule has 0 saturated carbocycles. The number of carbonyl (C=O) groups excluding carboxylic acids is 1. The first-order valence-electron chi connectivity index (χ1n) is 8.78. The summed E-state index contributed by atoms with van der Waals surface area (Å²) in [6.07, 6.45) is 0.399. The van der Waals surface area contributed by atoms with Gasteiger partial charge in [-0.25, -0.2) is 17.2 Å². The molecule has 1 fully saturated rings. The highest BCUT2D eigenvalue weighted by atomic mass is 32.2. The van der Waals surface area contributed by atoms with E-state index in [2.05, 4.69) is 5.32 Å². The molecule has 2 aromatic rings. The minimum absolute atomic E-state index is 0.0758. The molecule has 9 heteroatoms. The molecule has 1 saturated heterocycles. The third kappa shape index (κ3) is 4.92. The zero-order valence-electron chi connectivity index (χ0n) is 15.0. The first-order chi connectivity index (χ1) is 13.4. The number of carbonyl (C=O) groups is 1. The molecule has 1 aliphatic rings. The number of rotatable bonds is 6. The lowest BCUT2D eigenvalue weighted by Gasteiger charge is -2.26. The average Bonchev–Trinajstić information content (AvgIpc) is 2.68. The first-order valence-corrected chi connectivity index (χ1v) is 10.2. The number of ether oxygens (including phenoxy) is 1. The fourth-order valence-electron chi connectivity index (χ4n) is 2.88. The van der Waals surface area contributed by atoms with Crippen molar-refractivity contribution in [3.05, 3.63) is 59.7 Å². The van der Waals surface area contributed by atoms with Crippen molar-refractivity contribution in [2.45, 2.75) is 17.7 Å². The minimum atomic E-state index is -4.03. The Hall–Kier alpha value is -2.36. The van der Waals surface area contributed by atoms with E-state index in [1.54, 1.807) is 12.1 Å². The maximum absolute atomic E-state index is 14.2. The van der Waals surface area contributed by atoms with E-state index in [1.807, 2.05) is 0 Å². The summed E-state index contributed by atoms with van der Waals surface area (Å²) in [5.74, 6) is -1.65. The zero-order chi connectivity index (χ0) is 20.1. The van der Waals surface area contributed by atoms with Crippen molar-refractivity contribution < 1.29 is 26.7 Å². The Kier molecular flexibility index (Phi) is 6.38. The summed E-state index contributed by atoms with van der Waals surface area (Å²) < 4.78 is 59.0. The van der Waals surface area contributed by atoms with Crippen LogP contribution in [0.5, 0.6) is 0 Å². The van der Waals surface area contributed by atoms with Crippen molar-refractivity contribution in [1.82, 2.24) is 4.31 Å². The Morgan fingerprint density at radius 3 is 2.57 bits per heavy atom. The van der Waals surface area contributed by atoms with Crippen molar-refractivity contribution in [3.63, 3.8) is 0 Å². The summed E-state index contributed by atoms with van der Waals surface area (Å²) in [6, 6.07) is 9.35. The van der Waals surface area contributed by atoms with Crippen LogP contribution in [0.3, 0.4) is 0 Å². The first kappa shape index (κ1) is 20.4. The highest BCUT2D eigenvalue weighted by Crippen LogP contribution is 2.24. The van der Waals surface area contributed by atoms with Crippen LogP contribution in [0.25, 0.3) is 0 Å². The SMILES string of the molecule is O=C(CCc1cccc(F)c1)Nc1ccc(F)c(S(=O)(=O)N2CCOCC2)c1. The zero-order valence-corrected chi connectivity index (χ0v) is 15.8. The predicted octanol–water partition coefficient (Wildman–Crippen LogP) is 2.56. The van der Waals surface area contributed by atoms with E-state index in [0.717, 1.165) is 16.4 Å². The molecule has 0 aliphatic carbocycles. The van der Waals surface area contributed by atoms with E-state index in [-0.39, 0.29) is 50.1 Å². The quantitative estimate of drug-likeness (QED) is 0.794. The Balaban J connectivity index is 1.69. The van der Waals surface area contributed by atoms with Gasteiger partial charge in [0.15, 0.2) is 0 Å². The van der Waals surface area contributed by atoms with Crippen molar-refractivity contribution in [3.8, 4) is 0 Å². The highest BCUT2D eigenvalue weighted by Gasteiger charge is 2.29. The van der Waals surface area contributed by atoms with Crippen molar-refractivity contribution in [2.24, 2.45) is 0 Å². The number of nitrogens with zero attached hydrogens (tertiary/aromatic N) is 1. The van der Waals surface area contributed by atoms with E-state index in [0.29, 0.717) is 12.0 Å². The third-order valence-corrected chi connectivity index (χ3v) is 6.25. The van der Waals surface area contributed by atoms with Gasteiger partial charge in [-0.15, -0.1) is 0 Å². The van der Waals surface area contributed by atoms with Crippen LogP contribution in [0.2, 0.25) is 0 Å². The number of hydrogen-bond donors (Lipinski definition) is 1. The number of aryl methyl sites for hydroxylation is 1. The van der Waals surface area contributed by atoms with E-state index in [4.69, 9.17) is 4.74 Å². The Morgan fingerprint density at radius 2 is 1.86 bits per heavy atom. The van der Waals surface area contributed by atoms with Gasteiger partial charge >= 0.3 is 0 Å². The lowest BCUT2D eigenvalue weighted by Crippen LogP contribution is -2.40. The normalized spacial score (nSPS) is 15.4. The molecular weight excluding hydrogens is 390 g/mol. The number of anilines is 1. The summed E-state index contributed by atoms with van der Waals surface area (Å²) >= 11 is 0. The van der Waals surface area contributed by atoms with Crippen LogP contribution in [0, 0.1) is 11.6 Å². The van der Waals surface area contributed by atoms with E-state index < -0.39 is 20.7 Å². The fraction of sp³-hybridized carbons (Fsp3) is 0.316. The van der Waals surface area contributed by atoms with Gasteiger partial charge in [0, 0.05) is 25.2 Å². The van der Waals surface area contributed by atoms with E-state index in [9.17, 15) is 22.0 Å². The van der Waals surface area contributed by atoms with Crippen molar-refractivity contribution >= 4 is 21.6 Å². The molecule has 2 aromatic carbocycles. The monoisotopic (exact) mass is 410 g/mol. The summed E-state index contributed by atoms with van der Waals surface area (Å²) in [4.78, 5) is 11.7. The van der Waals surface area contributed by atoms with Crippen LogP contribution >= 0.6 is 0 Å². The minimum Gasteiger partial charge on any atom is -0.379 e. The number of halogens is 2. The molecule has 3 rings (SSSR count). The van der Waals surface area contributed by atoms with Gasteiger partial charge in [0.1, 0.15) is 16.5 Å². The van der Waals surface area contributed by atoms with Crippen LogP contribution in [0.1, 0.15) is 12.0 Å². The van der Waals surface area contributed by atoms with Gasteiger partial charge in [-0.3, -0.25) is 4.79 Å². The highest BCUT2D eigenvalue weighted by molar-refractivity contribution is 7.89. The van der Waals surface area contributed by atoms with Gasteiger partial charge in [-0.2, -0.15) is 4.31 Å². The second kappa shape index (κ2) is 8.76. The van der Waals surface area contributed by atoms with Crippen molar-refractivity contribution in [1.29, 1.82) is 0 Å². The number of sulfonamides is 1. The number of nitrogens with one attached hydrogen (secondary N) is 1. The molecule has 1 aliphatic heterocycles. The molecule has 1 amide bonds. The van der Waals surface area contributed by atoms with Crippen LogP contribution in [0.4, 0.5) is 14.5 Å². The maximum atomic E-state index is 14.2. The summed E-state index contributed by atoms with van der Waals surface area (Å²) in [5.41, 5.74) is 0.849. The van der Waals surface area contributed by atoms with Crippen molar-refractivity contribution in [2.75, 3.05) is 31.6 Å². The molecule has 1 N–H and O–H groups in total. The maximum Gasteiger partial charge on any atom is 0.246 e. The topological polar surface area (TPSA) is 75.7 Å². The predicted molar refractivity (Wildman–Crippen MR) is 99.3 cm³/mol. The Bertz CT molecular complexity index is 960. The molecule has 0 bridgehead atoms. The Labute approximate surface area is 162 Å². The Morgan fingerprint density at radius 1 is 1.11 bits per heavy atom. The molecule has 0 radical (unpaired) electrons. The van der Waals surface area contributed by atoms with Crippen LogP contribution < -0.4 is 5.32 Å². The molecule has 28 heavy (non-hydrogen) atoms. The smallest absolute Gasteiger partial charge is 0.246 e. The number of benzene rings is 2. The second-order valence-electron chi connectivity index (χ2n) is 6.34. The van der Waals surface area contributed by atoms with Gasteiger partial charge in [-0.05, 0) is 42.3 Å². The molecule has 6 nitrogen and oxygen atoms in total. The van der Waals surface area contributed by atoms with Gasteiger partial charge in [0.2, 0.25) is 15.9 Å². The van der Waals surface area contributed by atoms with Gasteiger partial charge in [0.05, 0.1) is 13.2 Å². The summed E-state index contributed by atoms with van der Waals surface area (Å²) in [7, 11) is -4.03. The molecule has 1 heterocycles. The van der Waals surface area contributed by atoms with Crippen LogP contribution in [-0.4, -0.2) is 44.9 Å². The van der Waals surface area contributed by atoms with Crippen LogP contribution in [0.15, 0.2) is 47.4 Å². The molecule has 0 atom stereocenters. The van der Waals surface area contributed by atoms with E-state index >= 15 is 0 Å². The lowest BCUT2D eigenvalue weighted by atomic mass is 10.1. The second-order valence-corrected chi connectivity index (χ2v) is 8.25. The van der Waals surface area contributed by atoms with Crippen LogP contribution in [-0.2, 0) is 26.0 Å². The third-order valence-electron chi connectivity index (χ3n) is 4.33. The van der Waals surface area contributed by atoms with Gasteiger partial charge in [0.25, 0.3) is 0 Å². The largest absolute Gasteiger partial charge is 0.379 e. The summed E-state index contributed by atoms with van der Waals surface area (Å²) in [6.45, 7) is 0.784. The number of morpholine rings is 1. The molecular formula is C19H20F2N2O4S. The molecule has 0 aromatic heterocycles. The molecule has 0 spiro atoms. The summed E-state index contributed by atoms with van der Waals surface area (Å²) in [5, 5.41) is 2.56. The van der Waals surface area contributed by atoms with Gasteiger partial charge < -0.3 is 10.1 Å². The molecule has 0 unspecified atom stereocenters. The fourth-order valence-corrected chi connectivity index (χ4v) is 4.38. The standard InChI is InChI=1S/C19H20F2N2O4S/c20-15-3-1-2-14(12-15)4-7-19(24)22-16-5-6-17(21)18(13-16)28(25,26)23-8-10-27-11-9-23/h1-3,5-6,12-13H,4,7-11H2,(H,22,24). The average molecular weight is 410 g/mol. The van der Waals surface area contributed by atoms with Gasteiger partial charge in [-0.1, -0.05) is 12.1 Å².